The Balaban J connectivity index is 2.61. The van der Waals surface area contributed by atoms with Gasteiger partial charge in [-0.15, -0.1) is 0 Å². The lowest BCUT2D eigenvalue weighted by atomic mass is 10.2. The molecule has 0 bridgehead atoms. The van der Waals surface area contributed by atoms with Crippen molar-refractivity contribution in [1.82, 2.24) is 0 Å². The minimum absolute atomic E-state index is 0.0731. The van der Waals surface area contributed by atoms with Crippen LogP contribution in [0.5, 0.6) is 0 Å². The van der Waals surface area contributed by atoms with Gasteiger partial charge in [-0.25, -0.2) is 4.79 Å². The lowest BCUT2D eigenvalue weighted by Crippen LogP contribution is -2.35. The van der Waals surface area contributed by atoms with E-state index in [1.807, 2.05) is 0 Å². The van der Waals surface area contributed by atoms with Crippen LogP contribution in [0.4, 0.5) is 0 Å². The van der Waals surface area contributed by atoms with Crippen molar-refractivity contribution in [3.05, 3.63) is 0 Å². The van der Waals surface area contributed by atoms with E-state index in [4.69, 9.17) is 4.74 Å². The zero-order valence-electron chi connectivity index (χ0n) is 7.81. The van der Waals surface area contributed by atoms with Gasteiger partial charge in [0.15, 0.2) is 6.10 Å². The molecule has 1 aliphatic heterocycles. The van der Waals surface area contributed by atoms with E-state index in [0.717, 1.165) is 6.92 Å². The number of cyclic esters (lactones) is 1. The molecule has 6 nitrogen and oxygen atoms in total. The van der Waals surface area contributed by atoms with Crippen LogP contribution in [0.25, 0.3) is 0 Å². The van der Waals surface area contributed by atoms with E-state index in [2.05, 4.69) is 9.47 Å². The van der Waals surface area contributed by atoms with E-state index >= 15 is 0 Å². The average Bonchev–Trinajstić information content (AvgIpc) is 2.34. The smallest absolute Gasteiger partial charge is 0.351 e. The fourth-order valence-electron chi connectivity index (χ4n) is 1.10. The van der Waals surface area contributed by atoms with E-state index in [-0.39, 0.29) is 6.61 Å². The maximum absolute atomic E-state index is 11.0. The van der Waals surface area contributed by atoms with Gasteiger partial charge in [0, 0.05) is 13.8 Å². The second-order valence-electron chi connectivity index (χ2n) is 2.81. The maximum Gasteiger partial charge on any atom is 0.351 e. The fraction of sp³-hybridized carbons (Fsp3) is 0.625. The number of ether oxygens (including phenoxy) is 3. The predicted octanol–water partition coefficient (Wildman–Crippen LogP) is -0.593. The summed E-state index contributed by atoms with van der Waals surface area (Å²) in [6.07, 6.45) is -1.96. The van der Waals surface area contributed by atoms with Gasteiger partial charge < -0.3 is 14.2 Å². The Morgan fingerprint density at radius 2 is 1.86 bits per heavy atom. The molecule has 0 radical (unpaired) electrons. The summed E-state index contributed by atoms with van der Waals surface area (Å²) in [6, 6.07) is 0. The van der Waals surface area contributed by atoms with Gasteiger partial charge in [0.25, 0.3) is 0 Å². The summed E-state index contributed by atoms with van der Waals surface area (Å²) in [7, 11) is 0. The summed E-state index contributed by atoms with van der Waals surface area (Å²) in [4.78, 5) is 32.2. The third-order valence-electron chi connectivity index (χ3n) is 1.57. The monoisotopic (exact) mass is 202 g/mol. The van der Waals surface area contributed by atoms with Crippen LogP contribution in [-0.2, 0) is 28.6 Å². The van der Waals surface area contributed by atoms with E-state index in [1.54, 1.807) is 0 Å². The van der Waals surface area contributed by atoms with Gasteiger partial charge in [-0.05, 0) is 0 Å². The molecule has 2 atom stereocenters. The third kappa shape index (κ3) is 2.45. The Morgan fingerprint density at radius 1 is 1.29 bits per heavy atom. The van der Waals surface area contributed by atoms with Crippen LogP contribution in [0.3, 0.4) is 0 Å². The van der Waals surface area contributed by atoms with Crippen molar-refractivity contribution < 1.29 is 28.6 Å². The Morgan fingerprint density at radius 3 is 2.36 bits per heavy atom. The zero-order chi connectivity index (χ0) is 10.7. The summed E-state index contributed by atoms with van der Waals surface area (Å²) in [5, 5.41) is 0. The van der Waals surface area contributed by atoms with Crippen molar-refractivity contribution >= 4 is 17.9 Å². The van der Waals surface area contributed by atoms with Crippen molar-refractivity contribution in [1.29, 1.82) is 0 Å². The first-order valence-electron chi connectivity index (χ1n) is 4.02. The summed E-state index contributed by atoms with van der Waals surface area (Å²) in [5.41, 5.74) is 0. The number of hydrogen-bond acceptors (Lipinski definition) is 6. The van der Waals surface area contributed by atoms with E-state index < -0.39 is 30.1 Å². The number of rotatable bonds is 2. The molecule has 1 fully saturated rings. The zero-order valence-corrected chi connectivity index (χ0v) is 7.81. The Hall–Kier alpha value is -1.59. The number of hydrogen-bond donors (Lipinski definition) is 0. The molecule has 0 aromatic rings. The van der Waals surface area contributed by atoms with Crippen molar-refractivity contribution in [3.63, 3.8) is 0 Å². The Bertz CT molecular complexity index is 271. The summed E-state index contributed by atoms with van der Waals surface area (Å²) in [6.45, 7) is 2.29. The highest BCUT2D eigenvalue weighted by molar-refractivity contribution is 5.81. The highest BCUT2D eigenvalue weighted by atomic mass is 16.6. The van der Waals surface area contributed by atoms with Crippen molar-refractivity contribution in [2.75, 3.05) is 6.61 Å². The first kappa shape index (κ1) is 10.5. The standard InChI is InChI=1S/C8H10O6/c1-4(9)13-6-3-12-8(11)7(6)14-5(2)10/h6-7H,3H2,1-2H3/t6-,7+/m1/s1. The van der Waals surface area contributed by atoms with Gasteiger partial charge in [0.05, 0.1) is 0 Å². The fourth-order valence-corrected chi connectivity index (χ4v) is 1.10. The van der Waals surface area contributed by atoms with Crippen LogP contribution in [0.2, 0.25) is 0 Å². The molecule has 14 heavy (non-hydrogen) atoms. The van der Waals surface area contributed by atoms with Gasteiger partial charge in [0.1, 0.15) is 6.61 Å². The molecule has 0 aromatic heterocycles. The van der Waals surface area contributed by atoms with Crippen LogP contribution in [0.15, 0.2) is 0 Å². The molecule has 0 aromatic carbocycles. The second kappa shape index (κ2) is 4.08. The van der Waals surface area contributed by atoms with Crippen molar-refractivity contribution in [3.8, 4) is 0 Å². The first-order chi connectivity index (χ1) is 6.50. The molecule has 0 aliphatic carbocycles. The molecule has 1 aliphatic rings. The molecule has 0 spiro atoms. The molecular weight excluding hydrogens is 192 g/mol. The molecule has 0 unspecified atom stereocenters. The lowest BCUT2D eigenvalue weighted by Gasteiger charge is -2.14. The van der Waals surface area contributed by atoms with Crippen molar-refractivity contribution in [2.24, 2.45) is 0 Å². The van der Waals surface area contributed by atoms with Crippen LogP contribution >= 0.6 is 0 Å². The van der Waals surface area contributed by atoms with Crippen LogP contribution in [-0.4, -0.2) is 36.7 Å². The normalized spacial score (nSPS) is 25.4. The molecule has 0 N–H and O–H groups in total. The summed E-state index contributed by atoms with van der Waals surface area (Å²) < 4.78 is 14.0. The Kier molecular flexibility index (Phi) is 3.06. The number of carbonyl (C=O) groups is 3. The van der Waals surface area contributed by atoms with Gasteiger partial charge >= 0.3 is 17.9 Å². The average molecular weight is 202 g/mol. The largest absolute Gasteiger partial charge is 0.459 e. The Labute approximate surface area is 80.1 Å². The number of esters is 3. The minimum Gasteiger partial charge on any atom is -0.459 e. The van der Waals surface area contributed by atoms with Crippen LogP contribution in [0, 0.1) is 0 Å². The van der Waals surface area contributed by atoms with Crippen LogP contribution in [0.1, 0.15) is 13.8 Å². The molecule has 1 rings (SSSR count). The van der Waals surface area contributed by atoms with Gasteiger partial charge in [-0.1, -0.05) is 0 Å². The van der Waals surface area contributed by atoms with E-state index in [9.17, 15) is 14.4 Å². The van der Waals surface area contributed by atoms with Gasteiger partial charge in [-0.3, -0.25) is 9.59 Å². The van der Waals surface area contributed by atoms with Gasteiger partial charge in [0.2, 0.25) is 6.10 Å². The second-order valence-corrected chi connectivity index (χ2v) is 2.81. The summed E-state index contributed by atoms with van der Waals surface area (Å²) in [5.74, 6) is -1.86. The molecule has 1 saturated heterocycles. The molecular formula is C8H10O6. The summed E-state index contributed by atoms with van der Waals surface area (Å²) >= 11 is 0. The topological polar surface area (TPSA) is 78.9 Å². The minimum atomic E-state index is -1.13. The van der Waals surface area contributed by atoms with E-state index in [0.29, 0.717) is 0 Å². The SMILES string of the molecule is CC(=O)O[C@@H]1C(=O)OC[C@H]1OC(C)=O. The predicted molar refractivity (Wildman–Crippen MR) is 42.1 cm³/mol. The molecule has 1 heterocycles. The maximum atomic E-state index is 11.0. The van der Waals surface area contributed by atoms with E-state index in [1.165, 1.54) is 6.92 Å². The van der Waals surface area contributed by atoms with Crippen molar-refractivity contribution in [2.45, 2.75) is 26.1 Å². The quantitative estimate of drug-likeness (QED) is 0.439. The highest BCUT2D eigenvalue weighted by Gasteiger charge is 2.42. The first-order valence-corrected chi connectivity index (χ1v) is 4.02. The van der Waals surface area contributed by atoms with Crippen LogP contribution < -0.4 is 0 Å². The molecule has 0 saturated carbocycles. The van der Waals surface area contributed by atoms with Gasteiger partial charge in [-0.2, -0.15) is 0 Å². The number of carbonyl (C=O) groups excluding carboxylic acids is 3. The molecule has 78 valence electrons. The molecule has 0 amide bonds. The highest BCUT2D eigenvalue weighted by Crippen LogP contribution is 2.15. The molecule has 6 heteroatoms. The lowest BCUT2D eigenvalue weighted by molar-refractivity contribution is -0.166. The third-order valence-corrected chi connectivity index (χ3v) is 1.57.